The molecule has 0 saturated carbocycles. The van der Waals surface area contributed by atoms with Crippen LogP contribution in [0.25, 0.3) is 11.3 Å². The van der Waals surface area contributed by atoms with Crippen molar-refractivity contribution in [1.29, 1.82) is 0 Å². The Labute approximate surface area is 264 Å². The highest BCUT2D eigenvalue weighted by molar-refractivity contribution is 5.97. The fourth-order valence-electron chi connectivity index (χ4n) is 5.51. The van der Waals surface area contributed by atoms with E-state index in [4.69, 9.17) is 14.2 Å². The summed E-state index contributed by atoms with van der Waals surface area (Å²) < 4.78 is 16.2. The fourth-order valence-corrected chi connectivity index (χ4v) is 5.51. The van der Waals surface area contributed by atoms with Crippen LogP contribution in [-0.4, -0.2) is 85.9 Å². The van der Waals surface area contributed by atoms with Gasteiger partial charge < -0.3 is 28.9 Å². The van der Waals surface area contributed by atoms with Gasteiger partial charge in [0, 0.05) is 43.4 Å². The van der Waals surface area contributed by atoms with Gasteiger partial charge in [-0.3, -0.25) is 9.59 Å². The number of benzene rings is 3. The molecule has 10 nitrogen and oxygen atoms in total. The van der Waals surface area contributed by atoms with Crippen LogP contribution < -0.4 is 19.1 Å². The number of anilines is 1. The summed E-state index contributed by atoms with van der Waals surface area (Å²) in [5, 5.41) is 8.98. The van der Waals surface area contributed by atoms with E-state index in [-0.39, 0.29) is 24.4 Å². The van der Waals surface area contributed by atoms with Gasteiger partial charge in [0.15, 0.2) is 5.82 Å². The molecule has 1 aliphatic heterocycles. The summed E-state index contributed by atoms with van der Waals surface area (Å²) in [6.45, 7) is 4.35. The third-order valence-electron chi connectivity index (χ3n) is 8.14. The molecular weight excluding hydrogens is 570 g/mol. The van der Waals surface area contributed by atoms with E-state index in [1.54, 1.807) is 50.5 Å². The van der Waals surface area contributed by atoms with E-state index >= 15 is 0 Å². The second-order valence-electron chi connectivity index (χ2n) is 10.8. The standard InChI is InChI=1S/C35H39N5O5/c1-25(26-10-6-5-7-11-26)40(35(42)27-12-8-13-28(22-27)43-2)24-34(41)39-19-9-18-38(20-21-39)33-17-16-31(36-37-33)30-15-14-29(44-3)23-32(30)45-4/h5-8,10-17,22-23,25H,9,18-21,24H2,1-4H3/t25-/m1/s1. The lowest BCUT2D eigenvalue weighted by atomic mass is 10.1. The largest absolute Gasteiger partial charge is 0.497 e. The molecule has 2 heterocycles. The quantitative estimate of drug-likeness (QED) is 0.245. The van der Waals surface area contributed by atoms with Gasteiger partial charge in [0.1, 0.15) is 23.8 Å². The molecule has 5 rings (SSSR count). The van der Waals surface area contributed by atoms with Crippen LogP contribution in [-0.2, 0) is 4.79 Å². The molecule has 0 bridgehead atoms. The number of ether oxygens (including phenoxy) is 3. The smallest absolute Gasteiger partial charge is 0.254 e. The Morgan fingerprint density at radius 3 is 2.29 bits per heavy atom. The Kier molecular flexibility index (Phi) is 10.1. The Bertz CT molecular complexity index is 1600. The summed E-state index contributed by atoms with van der Waals surface area (Å²) in [4.78, 5) is 33.2. The fraction of sp³-hybridized carbons (Fsp3) is 0.314. The van der Waals surface area contributed by atoms with Crippen molar-refractivity contribution in [1.82, 2.24) is 20.0 Å². The minimum Gasteiger partial charge on any atom is -0.497 e. The normalized spacial score (nSPS) is 13.9. The molecular formula is C35H39N5O5. The zero-order chi connectivity index (χ0) is 31.8. The number of hydrogen-bond acceptors (Lipinski definition) is 8. The summed E-state index contributed by atoms with van der Waals surface area (Å²) in [5.41, 5.74) is 2.94. The molecule has 1 saturated heterocycles. The van der Waals surface area contributed by atoms with Crippen molar-refractivity contribution >= 4 is 17.6 Å². The molecule has 1 atom stereocenters. The lowest BCUT2D eigenvalue weighted by Crippen LogP contribution is -2.45. The first kappa shape index (κ1) is 31.3. The van der Waals surface area contributed by atoms with Gasteiger partial charge >= 0.3 is 0 Å². The van der Waals surface area contributed by atoms with Crippen molar-refractivity contribution in [3.05, 3.63) is 96.1 Å². The Balaban J connectivity index is 1.28. The Morgan fingerprint density at radius 1 is 0.800 bits per heavy atom. The van der Waals surface area contributed by atoms with Crippen LogP contribution in [0.5, 0.6) is 17.2 Å². The molecule has 45 heavy (non-hydrogen) atoms. The van der Waals surface area contributed by atoms with Gasteiger partial charge in [0.05, 0.1) is 33.1 Å². The second kappa shape index (κ2) is 14.6. The zero-order valence-corrected chi connectivity index (χ0v) is 26.2. The number of carbonyl (C=O) groups is 2. The molecule has 2 amide bonds. The van der Waals surface area contributed by atoms with Crippen molar-refractivity contribution in [3.63, 3.8) is 0 Å². The third-order valence-corrected chi connectivity index (χ3v) is 8.14. The highest BCUT2D eigenvalue weighted by Crippen LogP contribution is 2.32. The molecule has 234 valence electrons. The van der Waals surface area contributed by atoms with E-state index < -0.39 is 0 Å². The molecule has 4 aromatic rings. The molecule has 0 spiro atoms. The zero-order valence-electron chi connectivity index (χ0n) is 26.2. The maximum Gasteiger partial charge on any atom is 0.254 e. The lowest BCUT2D eigenvalue weighted by molar-refractivity contribution is -0.132. The van der Waals surface area contributed by atoms with Crippen LogP contribution in [0.4, 0.5) is 5.82 Å². The van der Waals surface area contributed by atoms with Gasteiger partial charge in [0.25, 0.3) is 5.91 Å². The summed E-state index contributed by atoms with van der Waals surface area (Å²) >= 11 is 0. The average molecular weight is 610 g/mol. The maximum atomic E-state index is 13.8. The van der Waals surface area contributed by atoms with Gasteiger partial charge in [0.2, 0.25) is 5.91 Å². The molecule has 0 N–H and O–H groups in total. The minimum absolute atomic E-state index is 0.0374. The first-order valence-corrected chi connectivity index (χ1v) is 15.0. The SMILES string of the molecule is COc1cccc(C(=O)N(CC(=O)N2CCCN(c3ccc(-c4ccc(OC)cc4OC)nn3)CC2)[C@H](C)c2ccccc2)c1. The van der Waals surface area contributed by atoms with Crippen LogP contribution in [0.2, 0.25) is 0 Å². The molecule has 0 aliphatic carbocycles. The highest BCUT2D eigenvalue weighted by atomic mass is 16.5. The van der Waals surface area contributed by atoms with Gasteiger partial charge in [-0.05, 0) is 61.4 Å². The molecule has 1 fully saturated rings. The van der Waals surface area contributed by atoms with Crippen LogP contribution in [0, 0.1) is 0 Å². The number of aromatic nitrogens is 2. The van der Waals surface area contributed by atoms with Crippen molar-refractivity contribution in [2.45, 2.75) is 19.4 Å². The van der Waals surface area contributed by atoms with Gasteiger partial charge in [-0.25, -0.2) is 0 Å². The number of amides is 2. The van der Waals surface area contributed by atoms with E-state index in [1.165, 1.54) is 0 Å². The average Bonchev–Trinajstić information content (AvgIpc) is 3.37. The minimum atomic E-state index is -0.310. The molecule has 1 aliphatic rings. The molecule has 10 heteroatoms. The number of nitrogens with zero attached hydrogens (tertiary/aromatic N) is 5. The Morgan fingerprint density at radius 2 is 1.58 bits per heavy atom. The first-order chi connectivity index (χ1) is 21.9. The number of methoxy groups -OCH3 is 3. The summed E-state index contributed by atoms with van der Waals surface area (Å²) in [7, 11) is 4.79. The predicted molar refractivity (Wildman–Crippen MR) is 173 cm³/mol. The molecule has 1 aromatic heterocycles. The van der Waals surface area contributed by atoms with Crippen molar-refractivity contribution in [2.75, 3.05) is 59.0 Å². The molecule has 0 unspecified atom stereocenters. The Hall–Kier alpha value is -5.12. The van der Waals surface area contributed by atoms with Crippen LogP contribution in [0.15, 0.2) is 84.9 Å². The van der Waals surface area contributed by atoms with Crippen molar-refractivity contribution < 1.29 is 23.8 Å². The van der Waals surface area contributed by atoms with E-state index in [2.05, 4.69) is 15.1 Å². The summed E-state index contributed by atoms with van der Waals surface area (Å²) in [6, 6.07) is 25.9. The van der Waals surface area contributed by atoms with Crippen molar-refractivity contribution in [2.24, 2.45) is 0 Å². The van der Waals surface area contributed by atoms with Gasteiger partial charge in [-0.2, -0.15) is 0 Å². The first-order valence-electron chi connectivity index (χ1n) is 15.0. The van der Waals surface area contributed by atoms with E-state index in [9.17, 15) is 9.59 Å². The number of rotatable bonds is 10. The van der Waals surface area contributed by atoms with Crippen LogP contribution in [0.1, 0.15) is 35.3 Å². The van der Waals surface area contributed by atoms with Crippen molar-refractivity contribution in [3.8, 4) is 28.5 Å². The van der Waals surface area contributed by atoms with Gasteiger partial charge in [-0.15, -0.1) is 10.2 Å². The second-order valence-corrected chi connectivity index (χ2v) is 10.8. The maximum absolute atomic E-state index is 13.8. The van der Waals surface area contributed by atoms with E-state index in [0.717, 1.165) is 29.9 Å². The van der Waals surface area contributed by atoms with Crippen LogP contribution in [0.3, 0.4) is 0 Å². The third kappa shape index (κ3) is 7.34. The summed E-state index contributed by atoms with van der Waals surface area (Å²) in [6.07, 6.45) is 0.763. The van der Waals surface area contributed by atoms with Gasteiger partial charge in [-0.1, -0.05) is 36.4 Å². The van der Waals surface area contributed by atoms with E-state index in [1.807, 2.05) is 72.5 Å². The lowest BCUT2D eigenvalue weighted by Gasteiger charge is -2.32. The van der Waals surface area contributed by atoms with E-state index in [0.29, 0.717) is 48.1 Å². The van der Waals surface area contributed by atoms with Crippen LogP contribution >= 0.6 is 0 Å². The highest BCUT2D eigenvalue weighted by Gasteiger charge is 2.29. The molecule has 0 radical (unpaired) electrons. The number of hydrogen-bond donors (Lipinski definition) is 0. The number of carbonyl (C=O) groups excluding carboxylic acids is 2. The monoisotopic (exact) mass is 609 g/mol. The molecule has 3 aromatic carbocycles. The topological polar surface area (TPSA) is 97.3 Å². The summed E-state index contributed by atoms with van der Waals surface area (Å²) in [5.74, 6) is 2.37. The predicted octanol–water partition coefficient (Wildman–Crippen LogP) is 5.11.